The third-order valence-corrected chi connectivity index (χ3v) is 3.12. The molecule has 0 spiro atoms. The first kappa shape index (κ1) is 15.7. The Morgan fingerprint density at radius 3 is 2.50 bits per heavy atom. The summed E-state index contributed by atoms with van der Waals surface area (Å²) in [5, 5.41) is 13.0. The number of cyclic esters (lactones) is 1. The van der Waals surface area contributed by atoms with Crippen LogP contribution in [0.3, 0.4) is 0 Å². The van der Waals surface area contributed by atoms with Gasteiger partial charge in [0.15, 0.2) is 18.1 Å². The Morgan fingerprint density at radius 2 is 1.95 bits per heavy atom. The minimum Gasteiger partial charge on any atom is -0.493 e. The lowest BCUT2D eigenvalue weighted by Gasteiger charge is -2.31. The van der Waals surface area contributed by atoms with Crippen LogP contribution in [-0.2, 0) is 4.74 Å². The second-order valence-corrected chi connectivity index (χ2v) is 4.44. The summed E-state index contributed by atoms with van der Waals surface area (Å²) in [4.78, 5) is 21.5. The van der Waals surface area contributed by atoms with Crippen LogP contribution in [0.5, 0.6) is 11.5 Å². The van der Waals surface area contributed by atoms with E-state index in [0.717, 1.165) is 12.1 Å². The fraction of sp³-hybridized carbons (Fsp3) is 0.417. The summed E-state index contributed by atoms with van der Waals surface area (Å²) in [7, 11) is 2.51. The summed E-state index contributed by atoms with van der Waals surface area (Å²) in [6.07, 6.45) is -1.08. The number of nitrogens with zero attached hydrogens (tertiary/aromatic N) is 1. The van der Waals surface area contributed by atoms with Crippen LogP contribution in [0.1, 0.15) is 11.6 Å². The zero-order valence-electron chi connectivity index (χ0n) is 11.6. The van der Waals surface area contributed by atoms with Crippen molar-refractivity contribution in [2.75, 3.05) is 20.8 Å². The second kappa shape index (κ2) is 5.62. The molecule has 0 unspecified atom stereocenters. The van der Waals surface area contributed by atoms with Crippen molar-refractivity contribution in [1.29, 1.82) is 0 Å². The standard InChI is InChI=1S/C12H12F2N2O6/c1-20-8-3-6(7(16(18)19)4-9(8)21-2)10-12(13,14)5-22-11(17)15-10/h3-4,10H,5H2,1-2H3,(H,15,17)/t10-/m0/s1. The summed E-state index contributed by atoms with van der Waals surface area (Å²) in [5.41, 5.74) is -1.02. The van der Waals surface area contributed by atoms with Gasteiger partial charge in [0.25, 0.3) is 5.69 Å². The number of nitrogens with one attached hydrogen (secondary N) is 1. The van der Waals surface area contributed by atoms with Crippen LogP contribution < -0.4 is 14.8 Å². The largest absolute Gasteiger partial charge is 0.493 e. The van der Waals surface area contributed by atoms with E-state index in [2.05, 4.69) is 4.74 Å². The van der Waals surface area contributed by atoms with Gasteiger partial charge in [0.05, 0.1) is 30.8 Å². The fourth-order valence-corrected chi connectivity index (χ4v) is 2.09. The van der Waals surface area contributed by atoms with Gasteiger partial charge in [0.1, 0.15) is 6.04 Å². The molecule has 1 heterocycles. The average Bonchev–Trinajstić information content (AvgIpc) is 2.48. The third kappa shape index (κ3) is 2.71. The lowest BCUT2D eigenvalue weighted by atomic mass is 9.97. The maximum atomic E-state index is 14.0. The molecule has 120 valence electrons. The number of rotatable bonds is 4. The molecular weight excluding hydrogens is 306 g/mol. The van der Waals surface area contributed by atoms with Gasteiger partial charge in [-0.05, 0) is 6.07 Å². The number of carbonyl (C=O) groups is 1. The first-order chi connectivity index (χ1) is 10.3. The number of carbonyl (C=O) groups excluding carboxylic acids is 1. The Morgan fingerprint density at radius 1 is 1.36 bits per heavy atom. The molecule has 10 heteroatoms. The van der Waals surface area contributed by atoms with Gasteiger partial charge in [0, 0.05) is 0 Å². The molecule has 8 nitrogen and oxygen atoms in total. The molecule has 1 aliphatic heterocycles. The molecule has 0 aromatic heterocycles. The van der Waals surface area contributed by atoms with Crippen LogP contribution in [-0.4, -0.2) is 37.8 Å². The Hall–Kier alpha value is -2.65. The monoisotopic (exact) mass is 318 g/mol. The van der Waals surface area contributed by atoms with Crippen molar-refractivity contribution in [3.63, 3.8) is 0 Å². The van der Waals surface area contributed by atoms with Gasteiger partial charge in [-0.1, -0.05) is 0 Å². The number of benzene rings is 1. The Kier molecular flexibility index (Phi) is 4.02. The van der Waals surface area contributed by atoms with Crippen LogP contribution in [0.4, 0.5) is 19.3 Å². The van der Waals surface area contributed by atoms with Crippen molar-refractivity contribution in [1.82, 2.24) is 5.32 Å². The molecule has 1 saturated heterocycles. The molecule has 2 rings (SSSR count). The predicted octanol–water partition coefficient (Wildman–Crippen LogP) is 2.03. The number of nitro groups is 1. The number of nitro benzene ring substituents is 1. The molecule has 0 aliphatic carbocycles. The van der Waals surface area contributed by atoms with Crippen molar-refractivity contribution in [3.8, 4) is 11.5 Å². The van der Waals surface area contributed by atoms with Gasteiger partial charge in [-0.3, -0.25) is 10.1 Å². The highest BCUT2D eigenvalue weighted by atomic mass is 19.3. The molecule has 1 atom stereocenters. The quantitative estimate of drug-likeness (QED) is 0.673. The molecule has 1 N–H and O–H groups in total. The molecule has 0 saturated carbocycles. The number of hydrogen-bond acceptors (Lipinski definition) is 6. The van der Waals surface area contributed by atoms with Gasteiger partial charge in [-0.15, -0.1) is 0 Å². The highest BCUT2D eigenvalue weighted by molar-refractivity contribution is 5.70. The van der Waals surface area contributed by atoms with E-state index < -0.39 is 40.8 Å². The summed E-state index contributed by atoms with van der Waals surface area (Å²) < 4.78 is 42.0. The molecule has 1 aliphatic rings. The molecule has 1 amide bonds. The van der Waals surface area contributed by atoms with Crippen LogP contribution >= 0.6 is 0 Å². The van der Waals surface area contributed by atoms with E-state index in [1.807, 2.05) is 5.32 Å². The summed E-state index contributed by atoms with van der Waals surface area (Å²) in [6, 6.07) is 0.0986. The Balaban J connectivity index is 2.61. The normalized spacial score (nSPS) is 19.8. The number of hydrogen-bond donors (Lipinski definition) is 1. The van der Waals surface area contributed by atoms with E-state index in [4.69, 9.17) is 9.47 Å². The number of ether oxygens (including phenoxy) is 3. The summed E-state index contributed by atoms with van der Waals surface area (Å²) >= 11 is 0. The minimum absolute atomic E-state index is 0.0136. The van der Waals surface area contributed by atoms with Gasteiger partial charge in [-0.2, -0.15) is 0 Å². The van der Waals surface area contributed by atoms with E-state index in [9.17, 15) is 23.7 Å². The van der Waals surface area contributed by atoms with Crippen molar-refractivity contribution < 1.29 is 32.7 Å². The maximum absolute atomic E-state index is 14.0. The molecule has 1 aromatic rings. The number of alkyl carbamates (subject to hydrolysis) is 1. The maximum Gasteiger partial charge on any atom is 0.408 e. The zero-order valence-corrected chi connectivity index (χ0v) is 11.6. The average molecular weight is 318 g/mol. The number of amides is 1. The van der Waals surface area contributed by atoms with Gasteiger partial charge >= 0.3 is 12.0 Å². The first-order valence-corrected chi connectivity index (χ1v) is 6.01. The van der Waals surface area contributed by atoms with Crippen molar-refractivity contribution in [2.24, 2.45) is 0 Å². The van der Waals surface area contributed by atoms with E-state index >= 15 is 0 Å². The Bertz CT molecular complexity index is 622. The lowest BCUT2D eigenvalue weighted by Crippen LogP contribution is -2.49. The molecular formula is C12H12F2N2O6. The van der Waals surface area contributed by atoms with E-state index in [-0.39, 0.29) is 11.5 Å². The van der Waals surface area contributed by atoms with E-state index in [1.54, 1.807) is 0 Å². The minimum atomic E-state index is -3.52. The lowest BCUT2D eigenvalue weighted by molar-refractivity contribution is -0.386. The predicted molar refractivity (Wildman–Crippen MR) is 68.4 cm³/mol. The number of methoxy groups -OCH3 is 2. The first-order valence-electron chi connectivity index (χ1n) is 6.01. The van der Waals surface area contributed by atoms with Crippen molar-refractivity contribution in [3.05, 3.63) is 27.8 Å². The molecule has 0 bridgehead atoms. The second-order valence-electron chi connectivity index (χ2n) is 4.44. The number of alkyl halides is 2. The molecule has 0 radical (unpaired) electrons. The topological polar surface area (TPSA) is 99.9 Å². The van der Waals surface area contributed by atoms with Crippen LogP contribution in [0.2, 0.25) is 0 Å². The molecule has 22 heavy (non-hydrogen) atoms. The highest BCUT2D eigenvalue weighted by Crippen LogP contribution is 2.43. The highest BCUT2D eigenvalue weighted by Gasteiger charge is 2.49. The van der Waals surface area contributed by atoms with Gasteiger partial charge < -0.3 is 19.5 Å². The SMILES string of the molecule is COc1cc([C@@H]2NC(=O)OCC2(F)F)c([N+](=O)[O-])cc1OC. The fourth-order valence-electron chi connectivity index (χ4n) is 2.09. The molecule has 1 aromatic carbocycles. The van der Waals surface area contributed by atoms with Gasteiger partial charge in [0.2, 0.25) is 0 Å². The summed E-state index contributed by atoms with van der Waals surface area (Å²) in [6.45, 7) is -1.17. The molecule has 1 fully saturated rings. The van der Waals surface area contributed by atoms with Crippen molar-refractivity contribution >= 4 is 11.8 Å². The smallest absolute Gasteiger partial charge is 0.408 e. The van der Waals surface area contributed by atoms with Gasteiger partial charge in [-0.25, -0.2) is 13.6 Å². The van der Waals surface area contributed by atoms with Crippen LogP contribution in [0.15, 0.2) is 12.1 Å². The Labute approximate surface area is 123 Å². The van der Waals surface area contributed by atoms with Crippen LogP contribution in [0.25, 0.3) is 0 Å². The van der Waals surface area contributed by atoms with Crippen LogP contribution in [0, 0.1) is 10.1 Å². The van der Waals surface area contributed by atoms with E-state index in [0.29, 0.717) is 0 Å². The zero-order chi connectivity index (χ0) is 16.5. The third-order valence-electron chi connectivity index (χ3n) is 3.12. The van der Waals surface area contributed by atoms with Crippen molar-refractivity contribution in [2.45, 2.75) is 12.0 Å². The van der Waals surface area contributed by atoms with E-state index in [1.165, 1.54) is 14.2 Å². The number of halogens is 2. The summed E-state index contributed by atoms with van der Waals surface area (Å²) in [5.74, 6) is -3.47.